The number of aliphatic hydroxyl groups is 1. The quantitative estimate of drug-likeness (QED) is 0.602. The van der Waals surface area contributed by atoms with Gasteiger partial charge in [-0.25, -0.2) is 18.2 Å². The number of alkyl halides is 2. The molecule has 2 aromatic heterocycles. The molecule has 0 amide bonds. The summed E-state index contributed by atoms with van der Waals surface area (Å²) in [4.78, 5) is 9.78. The molecule has 0 bridgehead atoms. The Labute approximate surface area is 185 Å². The predicted octanol–water partition coefficient (Wildman–Crippen LogP) is 2.09. The van der Waals surface area contributed by atoms with E-state index in [4.69, 9.17) is 11.6 Å². The highest BCUT2D eigenvalue weighted by molar-refractivity contribution is 6.30. The molecule has 1 aromatic carbocycles. The Morgan fingerprint density at radius 1 is 1.38 bits per heavy atom. The van der Waals surface area contributed by atoms with E-state index in [1.807, 2.05) is 0 Å². The number of fused-ring (bicyclic) bond motifs is 1. The van der Waals surface area contributed by atoms with Crippen molar-refractivity contribution in [2.24, 2.45) is 4.99 Å². The number of aliphatic hydroxyl groups excluding tert-OH is 1. The van der Waals surface area contributed by atoms with Crippen molar-refractivity contribution in [3.05, 3.63) is 55.9 Å². The fourth-order valence-corrected chi connectivity index (χ4v) is 3.77. The van der Waals surface area contributed by atoms with Crippen LogP contribution in [-0.4, -0.2) is 45.6 Å². The van der Waals surface area contributed by atoms with E-state index in [1.165, 1.54) is 22.8 Å². The molecule has 0 aliphatic carbocycles. The number of hydrogen-bond acceptors (Lipinski definition) is 6. The number of aromatic nitrogens is 3. The molecule has 0 atom stereocenters. The number of rotatable bonds is 4. The third-order valence-corrected chi connectivity index (χ3v) is 5.42. The van der Waals surface area contributed by atoms with Gasteiger partial charge in [-0.15, -0.1) is 0 Å². The van der Waals surface area contributed by atoms with Gasteiger partial charge in [0.05, 0.1) is 16.8 Å². The minimum atomic E-state index is -2.97. The smallest absolute Gasteiger partial charge is 0.283 e. The van der Waals surface area contributed by atoms with E-state index in [0.29, 0.717) is 27.5 Å². The van der Waals surface area contributed by atoms with Crippen molar-refractivity contribution in [2.75, 3.05) is 18.0 Å². The van der Waals surface area contributed by atoms with Crippen LogP contribution in [0.4, 0.5) is 19.0 Å². The zero-order chi connectivity index (χ0) is 23.2. The Bertz CT molecular complexity index is 1410. The minimum absolute atomic E-state index is 0.0179. The third kappa shape index (κ3) is 3.59. The third-order valence-electron chi connectivity index (χ3n) is 5.13. The second kappa shape index (κ2) is 8.26. The van der Waals surface area contributed by atoms with Crippen molar-refractivity contribution in [3.8, 4) is 6.07 Å². The van der Waals surface area contributed by atoms with Gasteiger partial charge in [-0.1, -0.05) is 11.6 Å². The van der Waals surface area contributed by atoms with E-state index in [2.05, 4.69) is 21.8 Å². The van der Waals surface area contributed by atoms with Crippen molar-refractivity contribution < 1.29 is 18.3 Å². The van der Waals surface area contributed by atoms with E-state index in [9.17, 15) is 23.5 Å². The van der Waals surface area contributed by atoms with Gasteiger partial charge in [0.2, 0.25) is 0 Å². The molecule has 1 N–H and O–H groups in total. The van der Waals surface area contributed by atoms with E-state index in [1.54, 1.807) is 24.0 Å². The molecule has 1 aliphatic heterocycles. The maximum Gasteiger partial charge on any atom is 0.283 e. The molecule has 0 unspecified atom stereocenters. The SMILES string of the molecule is C=N/C=c1/cc(Cl)c(F)c/c1=C\c1c(C)nc2c(C#N)c(C(F)F)nn2c1N1CC(O)C1. The molecule has 11 heteroatoms. The van der Waals surface area contributed by atoms with Crippen molar-refractivity contribution >= 4 is 42.1 Å². The van der Waals surface area contributed by atoms with Crippen LogP contribution in [0.2, 0.25) is 5.02 Å². The standard InChI is InChI=1S/C21H16ClF3N6O/c1-10-14(3-11-5-17(23)16(22)4-12(11)7-27-2)21(30-8-13(32)9-30)31-20(28-10)15(6-26)18(29-31)19(24)25/h3-5,7,13,19,32H,2,8-9H2,1H3/b11-3+,12-7-. The monoisotopic (exact) mass is 460 g/mol. The predicted molar refractivity (Wildman–Crippen MR) is 114 cm³/mol. The van der Waals surface area contributed by atoms with Crippen LogP contribution >= 0.6 is 11.6 Å². The van der Waals surface area contributed by atoms with Crippen molar-refractivity contribution in [2.45, 2.75) is 19.5 Å². The summed E-state index contributed by atoms with van der Waals surface area (Å²) >= 11 is 5.89. The van der Waals surface area contributed by atoms with Crippen LogP contribution in [0.15, 0.2) is 17.1 Å². The van der Waals surface area contributed by atoms with E-state index in [-0.39, 0.29) is 29.3 Å². The van der Waals surface area contributed by atoms with Crippen LogP contribution in [0.25, 0.3) is 17.9 Å². The number of nitriles is 1. The zero-order valence-corrected chi connectivity index (χ0v) is 17.5. The highest BCUT2D eigenvalue weighted by Crippen LogP contribution is 2.32. The minimum Gasteiger partial charge on any atom is -0.389 e. The maximum atomic E-state index is 14.2. The Kier molecular flexibility index (Phi) is 5.62. The van der Waals surface area contributed by atoms with E-state index in [0.717, 1.165) is 0 Å². The number of aliphatic imine (C=N–C) groups is 1. The van der Waals surface area contributed by atoms with Crippen LogP contribution < -0.4 is 15.3 Å². The maximum absolute atomic E-state index is 14.2. The molecule has 0 saturated carbocycles. The van der Waals surface area contributed by atoms with Gasteiger partial charge in [-0.05, 0) is 37.1 Å². The Balaban J connectivity index is 2.10. The average Bonchev–Trinajstić information content (AvgIpc) is 3.08. The van der Waals surface area contributed by atoms with Gasteiger partial charge in [0.1, 0.15) is 29.0 Å². The van der Waals surface area contributed by atoms with Gasteiger partial charge in [-0.3, -0.25) is 4.99 Å². The van der Waals surface area contributed by atoms with Crippen molar-refractivity contribution in [1.82, 2.24) is 14.6 Å². The fourth-order valence-electron chi connectivity index (χ4n) is 3.60. The summed E-state index contributed by atoms with van der Waals surface area (Å²) in [5, 5.41) is 24.0. The Morgan fingerprint density at radius 3 is 2.69 bits per heavy atom. The first kappa shape index (κ1) is 21.8. The first-order valence-electron chi connectivity index (χ1n) is 9.42. The number of halogens is 4. The largest absolute Gasteiger partial charge is 0.389 e. The van der Waals surface area contributed by atoms with Gasteiger partial charge < -0.3 is 10.0 Å². The van der Waals surface area contributed by atoms with Gasteiger partial charge in [0.25, 0.3) is 6.43 Å². The summed E-state index contributed by atoms with van der Waals surface area (Å²) in [6.45, 7) is 5.51. The highest BCUT2D eigenvalue weighted by Gasteiger charge is 2.32. The normalized spacial score (nSPS) is 15.5. The summed E-state index contributed by atoms with van der Waals surface area (Å²) in [5.41, 5.74) is -0.159. The van der Waals surface area contributed by atoms with Gasteiger partial charge >= 0.3 is 0 Å². The summed E-state index contributed by atoms with van der Waals surface area (Å²) in [5.74, 6) is -0.299. The second-order valence-corrected chi connectivity index (χ2v) is 7.66. The highest BCUT2D eigenvalue weighted by atomic mass is 35.5. The zero-order valence-electron chi connectivity index (χ0n) is 16.7. The lowest BCUT2D eigenvalue weighted by molar-refractivity contribution is 0.139. The molecular formula is C21H16ClF3N6O. The van der Waals surface area contributed by atoms with Gasteiger partial charge in [0.15, 0.2) is 5.65 Å². The number of aryl methyl sites for hydroxylation is 1. The summed E-state index contributed by atoms with van der Waals surface area (Å²) in [7, 11) is 0. The molecule has 1 saturated heterocycles. The van der Waals surface area contributed by atoms with Gasteiger partial charge in [0, 0.05) is 30.1 Å². The molecule has 7 nitrogen and oxygen atoms in total. The molecule has 32 heavy (non-hydrogen) atoms. The van der Waals surface area contributed by atoms with Crippen LogP contribution in [0.1, 0.15) is 28.9 Å². The van der Waals surface area contributed by atoms with Crippen LogP contribution in [0.5, 0.6) is 0 Å². The lowest BCUT2D eigenvalue weighted by atomic mass is 10.1. The number of β-amino-alcohol motifs (C(OH)–C–C–N with tert-alkyl or cyclic N) is 1. The van der Waals surface area contributed by atoms with Gasteiger partial charge in [-0.2, -0.15) is 14.9 Å². The van der Waals surface area contributed by atoms with Crippen LogP contribution in [-0.2, 0) is 0 Å². The molecule has 3 aromatic rings. The lowest BCUT2D eigenvalue weighted by Crippen LogP contribution is -2.52. The molecule has 0 spiro atoms. The van der Waals surface area contributed by atoms with Crippen LogP contribution in [0.3, 0.4) is 0 Å². The number of anilines is 1. The second-order valence-electron chi connectivity index (χ2n) is 7.25. The molecule has 4 rings (SSSR count). The Hall–Kier alpha value is -3.42. The van der Waals surface area contributed by atoms with Crippen LogP contribution in [0, 0.1) is 24.1 Å². The number of nitrogens with zero attached hydrogens (tertiary/aromatic N) is 6. The fraction of sp³-hybridized carbons (Fsp3) is 0.238. The molecule has 3 heterocycles. The molecular weight excluding hydrogens is 445 g/mol. The molecule has 1 fully saturated rings. The molecule has 0 radical (unpaired) electrons. The Morgan fingerprint density at radius 2 is 2.09 bits per heavy atom. The van der Waals surface area contributed by atoms with E-state index >= 15 is 0 Å². The number of benzene rings is 1. The average molecular weight is 461 g/mol. The molecule has 1 aliphatic rings. The summed E-state index contributed by atoms with van der Waals surface area (Å²) in [6, 6.07) is 4.36. The van der Waals surface area contributed by atoms with Crippen molar-refractivity contribution in [1.29, 1.82) is 5.26 Å². The topological polar surface area (TPSA) is 89.8 Å². The van der Waals surface area contributed by atoms with E-state index < -0.39 is 24.0 Å². The number of hydrogen-bond donors (Lipinski definition) is 1. The first-order chi connectivity index (χ1) is 15.2. The first-order valence-corrected chi connectivity index (χ1v) is 9.80. The molecule has 164 valence electrons. The lowest BCUT2D eigenvalue weighted by Gasteiger charge is -2.38. The summed E-state index contributed by atoms with van der Waals surface area (Å²) in [6.07, 6.45) is -0.566. The van der Waals surface area contributed by atoms with Crippen molar-refractivity contribution in [3.63, 3.8) is 0 Å². The summed E-state index contributed by atoms with van der Waals surface area (Å²) < 4.78 is 42.4.